The van der Waals surface area contributed by atoms with Gasteiger partial charge < -0.3 is 4.57 Å². The van der Waals surface area contributed by atoms with E-state index >= 15 is 0 Å². The number of carbonyl (C=O) groups excluding carboxylic acids is 2. The van der Waals surface area contributed by atoms with Crippen LogP contribution >= 0.6 is 18.7 Å². The summed E-state index contributed by atoms with van der Waals surface area (Å²) in [6, 6.07) is 8.94. The molecule has 23 heavy (non-hydrogen) atoms. The van der Waals surface area contributed by atoms with Gasteiger partial charge in [0, 0.05) is 22.8 Å². The highest BCUT2D eigenvalue weighted by molar-refractivity contribution is 7.64. The highest BCUT2D eigenvalue weighted by Gasteiger charge is 2.64. The first-order valence-corrected chi connectivity index (χ1v) is 10.5. The fourth-order valence-electron chi connectivity index (χ4n) is 4.61. The molecule has 1 aromatic carbocycles. The van der Waals surface area contributed by atoms with Gasteiger partial charge in [0.1, 0.15) is 0 Å². The lowest BCUT2D eigenvalue weighted by atomic mass is 9.74. The zero-order valence-electron chi connectivity index (χ0n) is 12.9. The largest absolute Gasteiger partial charge is 0.323 e. The minimum atomic E-state index is -2.53. The second-order valence-electron chi connectivity index (χ2n) is 6.84. The molecule has 4 aliphatic rings. The van der Waals surface area contributed by atoms with Crippen LogP contribution in [0, 0.1) is 17.8 Å². The van der Waals surface area contributed by atoms with E-state index in [1.54, 1.807) is 30.9 Å². The van der Waals surface area contributed by atoms with Crippen LogP contribution < -0.4 is 4.90 Å². The van der Waals surface area contributed by atoms with Crippen molar-refractivity contribution in [1.29, 1.82) is 0 Å². The first-order chi connectivity index (χ1) is 10.8. The van der Waals surface area contributed by atoms with E-state index in [9.17, 15) is 14.2 Å². The number of anilines is 1. The maximum absolute atomic E-state index is 13.0. The smallest absolute Gasteiger partial charge is 0.238 e. The number of hydrogen-bond donors (Lipinski definition) is 0. The zero-order chi connectivity index (χ0) is 16.5. The molecule has 4 nitrogen and oxygen atoms in total. The molecule has 5 atom stereocenters. The van der Waals surface area contributed by atoms with Crippen molar-refractivity contribution in [2.45, 2.75) is 12.6 Å². The van der Waals surface area contributed by atoms with Crippen LogP contribution in [0.2, 0.25) is 0 Å². The van der Waals surface area contributed by atoms with E-state index in [-0.39, 0.29) is 17.7 Å². The lowest BCUT2D eigenvalue weighted by Crippen LogP contribution is -2.47. The highest BCUT2D eigenvalue weighted by Crippen LogP contribution is 2.68. The van der Waals surface area contributed by atoms with Crippen LogP contribution in [0.3, 0.4) is 0 Å². The molecular weight excluding hydrogens is 333 g/mol. The Balaban J connectivity index is 1.86. The van der Waals surface area contributed by atoms with Gasteiger partial charge >= 0.3 is 0 Å². The average molecular weight is 350 g/mol. The van der Waals surface area contributed by atoms with E-state index in [2.05, 4.69) is 0 Å². The summed E-state index contributed by atoms with van der Waals surface area (Å²) >= 11 is 6.44. The van der Waals surface area contributed by atoms with E-state index in [1.165, 1.54) is 4.90 Å². The van der Waals surface area contributed by atoms with E-state index in [0.29, 0.717) is 16.9 Å². The molecule has 0 spiro atoms. The van der Waals surface area contributed by atoms with Gasteiger partial charge in [-0.2, -0.15) is 0 Å². The molecule has 1 aliphatic carbocycles. The molecule has 5 unspecified atom stereocenters. The number of rotatable bonds is 1. The summed E-state index contributed by atoms with van der Waals surface area (Å²) in [6.07, 6.45) is 0.427. The van der Waals surface area contributed by atoms with Gasteiger partial charge in [0.05, 0.1) is 24.7 Å². The summed E-state index contributed by atoms with van der Waals surface area (Å²) in [5.41, 5.74) is 1.03. The lowest BCUT2D eigenvalue weighted by Gasteiger charge is -2.46. The maximum Gasteiger partial charge on any atom is 0.238 e. The molecule has 2 saturated heterocycles. The molecular formula is C17H17ClNO3P. The van der Waals surface area contributed by atoms with Crippen molar-refractivity contribution in [1.82, 2.24) is 0 Å². The van der Waals surface area contributed by atoms with Crippen molar-refractivity contribution in [3.8, 4) is 0 Å². The van der Waals surface area contributed by atoms with Gasteiger partial charge in [-0.3, -0.25) is 14.5 Å². The number of carbonyl (C=O) groups is 2. The Kier molecular flexibility index (Phi) is 3.17. The van der Waals surface area contributed by atoms with Crippen molar-refractivity contribution in [3.05, 3.63) is 40.9 Å². The summed E-state index contributed by atoms with van der Waals surface area (Å²) in [5, 5.41) is 0.639. The van der Waals surface area contributed by atoms with Crippen molar-refractivity contribution in [2.24, 2.45) is 17.8 Å². The van der Waals surface area contributed by atoms with E-state index in [1.807, 2.05) is 13.0 Å². The van der Waals surface area contributed by atoms with Crippen LogP contribution in [0.4, 0.5) is 5.69 Å². The predicted molar refractivity (Wildman–Crippen MR) is 90.1 cm³/mol. The third-order valence-corrected chi connectivity index (χ3v) is 9.06. The molecule has 3 heterocycles. The summed E-state index contributed by atoms with van der Waals surface area (Å²) in [4.78, 5) is 27.2. The Labute approximate surface area is 139 Å². The molecule has 120 valence electrons. The molecule has 5 rings (SSSR count). The molecule has 2 amide bonds. The molecule has 2 fully saturated rings. The average Bonchev–Trinajstić information content (AvgIpc) is 2.76. The van der Waals surface area contributed by atoms with Crippen molar-refractivity contribution < 1.29 is 14.2 Å². The second kappa shape index (κ2) is 4.81. The third-order valence-electron chi connectivity index (χ3n) is 5.48. The van der Waals surface area contributed by atoms with Gasteiger partial charge in [0.25, 0.3) is 0 Å². The molecule has 3 aliphatic heterocycles. The zero-order valence-corrected chi connectivity index (χ0v) is 14.6. The number of allylic oxidation sites excluding steroid dienone is 2. The van der Waals surface area contributed by atoms with Crippen LogP contribution in [-0.2, 0) is 14.2 Å². The number of amides is 2. The maximum atomic E-state index is 13.0. The second-order valence-corrected chi connectivity index (χ2v) is 10.5. The Morgan fingerprint density at radius 2 is 1.74 bits per heavy atom. The van der Waals surface area contributed by atoms with Gasteiger partial charge in [-0.25, -0.2) is 0 Å². The first kappa shape index (κ1) is 15.2. The molecule has 2 bridgehead atoms. The van der Waals surface area contributed by atoms with Gasteiger partial charge in [-0.05, 0) is 31.3 Å². The number of para-hydroxylation sites is 1. The monoisotopic (exact) mass is 349 g/mol. The van der Waals surface area contributed by atoms with E-state index in [4.69, 9.17) is 11.6 Å². The van der Waals surface area contributed by atoms with Crippen LogP contribution in [0.15, 0.2) is 40.9 Å². The minimum Gasteiger partial charge on any atom is -0.323 e. The lowest BCUT2D eigenvalue weighted by molar-refractivity contribution is -0.122. The number of halogens is 1. The van der Waals surface area contributed by atoms with Crippen LogP contribution in [0.25, 0.3) is 0 Å². The number of imide groups is 1. The molecule has 0 aromatic heterocycles. The number of benzene rings is 1. The standard InChI is InChI=1S/C17H17ClNO3P/c1-9-14(18)11-8-23(2,22)15(9)13-12(11)16(20)19(17(13)21)10-6-4-3-5-7-10/h3-7,11-13,15H,8H2,1-2H3. The van der Waals surface area contributed by atoms with Crippen LogP contribution in [0.5, 0.6) is 0 Å². The Bertz CT molecular complexity index is 803. The Morgan fingerprint density at radius 3 is 2.39 bits per heavy atom. The topological polar surface area (TPSA) is 54.5 Å². The summed E-state index contributed by atoms with van der Waals surface area (Å²) in [5.74, 6) is -1.71. The van der Waals surface area contributed by atoms with Gasteiger partial charge in [-0.1, -0.05) is 29.8 Å². The SMILES string of the molecule is CC1=C(Cl)C2CP(C)(=O)C1C1C(=O)N(c3ccccc3)C(=O)C21. The summed E-state index contributed by atoms with van der Waals surface area (Å²) in [6.45, 7) is 3.60. The Morgan fingerprint density at radius 1 is 1.13 bits per heavy atom. The predicted octanol–water partition coefficient (Wildman–Crippen LogP) is 3.31. The fraction of sp³-hybridized carbons (Fsp3) is 0.412. The quantitative estimate of drug-likeness (QED) is 0.577. The minimum absolute atomic E-state index is 0.202. The summed E-state index contributed by atoms with van der Waals surface area (Å²) < 4.78 is 13.0. The van der Waals surface area contributed by atoms with Crippen molar-refractivity contribution in [3.63, 3.8) is 0 Å². The number of hydrogen-bond acceptors (Lipinski definition) is 3. The third kappa shape index (κ3) is 1.88. The van der Waals surface area contributed by atoms with Gasteiger partial charge in [0.15, 0.2) is 0 Å². The first-order valence-electron chi connectivity index (χ1n) is 7.70. The Hall–Kier alpha value is -1.38. The number of fused-ring (bicyclic) bond motifs is 1. The van der Waals surface area contributed by atoms with Crippen LogP contribution in [0.1, 0.15) is 6.92 Å². The number of nitrogens with zero attached hydrogens (tertiary/aromatic N) is 1. The molecule has 0 N–H and O–H groups in total. The van der Waals surface area contributed by atoms with E-state index < -0.39 is 24.6 Å². The van der Waals surface area contributed by atoms with Gasteiger partial charge in [-0.15, -0.1) is 0 Å². The molecule has 1 aromatic rings. The van der Waals surface area contributed by atoms with Crippen LogP contribution in [-0.4, -0.2) is 30.3 Å². The molecule has 0 radical (unpaired) electrons. The van der Waals surface area contributed by atoms with Crippen molar-refractivity contribution >= 4 is 36.2 Å². The molecule has 0 saturated carbocycles. The highest BCUT2D eigenvalue weighted by atomic mass is 35.5. The fourth-order valence-corrected chi connectivity index (χ4v) is 8.49. The van der Waals surface area contributed by atoms with E-state index in [0.717, 1.165) is 5.57 Å². The normalized spacial score (nSPS) is 39.2. The van der Waals surface area contributed by atoms with Gasteiger partial charge in [0.2, 0.25) is 11.8 Å². The van der Waals surface area contributed by atoms with Crippen molar-refractivity contribution in [2.75, 3.05) is 17.7 Å². The summed E-state index contributed by atoms with van der Waals surface area (Å²) in [7, 11) is -2.53. The molecule has 6 heteroatoms.